The van der Waals surface area contributed by atoms with Crippen LogP contribution in [-0.2, 0) is 13.0 Å². The monoisotopic (exact) mass is 286 g/mol. The van der Waals surface area contributed by atoms with Gasteiger partial charge in [-0.15, -0.1) is 0 Å². The second kappa shape index (κ2) is 6.28. The van der Waals surface area contributed by atoms with Gasteiger partial charge in [-0.1, -0.05) is 6.07 Å². The molecule has 0 saturated heterocycles. The van der Waals surface area contributed by atoms with Crippen LogP contribution in [0.2, 0.25) is 0 Å². The molecule has 1 N–H and O–H groups in total. The number of nitrogens with zero attached hydrogens (tertiary/aromatic N) is 2. The van der Waals surface area contributed by atoms with Crippen LogP contribution in [0.4, 0.5) is 0 Å². The number of fused-ring (bicyclic) bond motifs is 1. The van der Waals surface area contributed by atoms with Gasteiger partial charge >= 0.3 is 5.97 Å². The predicted octanol–water partition coefficient (Wildman–Crippen LogP) is 3.07. The van der Waals surface area contributed by atoms with Crippen LogP contribution in [0.15, 0.2) is 18.2 Å². The summed E-state index contributed by atoms with van der Waals surface area (Å²) in [5.74, 6) is -0.870. The molecule has 0 radical (unpaired) electrons. The highest BCUT2D eigenvalue weighted by molar-refractivity contribution is 5.87. The molecule has 1 aromatic carbocycles. The van der Waals surface area contributed by atoms with Crippen LogP contribution in [0.3, 0.4) is 0 Å². The van der Waals surface area contributed by atoms with Gasteiger partial charge in [-0.25, -0.2) is 4.79 Å². The lowest BCUT2D eigenvalue weighted by molar-refractivity contribution is 0.0696. The first-order valence-electron chi connectivity index (χ1n) is 7.40. The normalized spacial score (nSPS) is 15.3. The van der Waals surface area contributed by atoms with E-state index in [1.807, 2.05) is 19.9 Å². The Morgan fingerprint density at radius 2 is 2.19 bits per heavy atom. The van der Waals surface area contributed by atoms with Gasteiger partial charge in [-0.3, -0.25) is 4.90 Å². The van der Waals surface area contributed by atoms with Crippen molar-refractivity contribution in [3.63, 3.8) is 0 Å². The van der Waals surface area contributed by atoms with Crippen LogP contribution in [0.25, 0.3) is 0 Å². The summed E-state index contributed by atoms with van der Waals surface area (Å²) in [5.41, 5.74) is 2.49. The summed E-state index contributed by atoms with van der Waals surface area (Å²) in [7, 11) is 0. The number of hydrogen-bond acceptors (Lipinski definition) is 3. The molecule has 0 atom stereocenters. The molecular formula is C17H22N2O2. The molecule has 0 amide bonds. The van der Waals surface area contributed by atoms with E-state index in [0.717, 1.165) is 44.5 Å². The molecule has 1 aliphatic heterocycles. The van der Waals surface area contributed by atoms with Gasteiger partial charge in [-0.2, -0.15) is 5.26 Å². The van der Waals surface area contributed by atoms with Gasteiger partial charge in [0.25, 0.3) is 0 Å². The number of rotatable bonds is 5. The van der Waals surface area contributed by atoms with E-state index in [4.69, 9.17) is 10.4 Å². The molecule has 1 aliphatic rings. The summed E-state index contributed by atoms with van der Waals surface area (Å²) < 4.78 is 0. The van der Waals surface area contributed by atoms with Gasteiger partial charge in [0.15, 0.2) is 0 Å². The Labute approximate surface area is 126 Å². The molecule has 1 aromatic rings. The maximum atomic E-state index is 11.0. The first-order chi connectivity index (χ1) is 9.91. The number of benzene rings is 1. The molecule has 0 fully saturated rings. The molecule has 0 saturated carbocycles. The van der Waals surface area contributed by atoms with Crippen LogP contribution in [0.1, 0.15) is 48.2 Å². The largest absolute Gasteiger partial charge is 0.478 e. The molecule has 1 heterocycles. The standard InChI is InChI=1S/C17H22N2O2/c1-17(2,12-18)7-3-8-19-9-6-13-4-5-14(16(20)21)10-15(13)11-19/h4-5,10H,3,6-9,11H2,1-2H3,(H,20,21). The average molecular weight is 286 g/mol. The molecule has 21 heavy (non-hydrogen) atoms. The Morgan fingerprint density at radius 3 is 2.86 bits per heavy atom. The van der Waals surface area contributed by atoms with Crippen LogP contribution in [0, 0.1) is 16.7 Å². The number of carbonyl (C=O) groups is 1. The molecule has 2 rings (SSSR count). The highest BCUT2D eigenvalue weighted by atomic mass is 16.4. The van der Waals surface area contributed by atoms with Crippen molar-refractivity contribution in [3.8, 4) is 6.07 Å². The minimum atomic E-state index is -0.870. The highest BCUT2D eigenvalue weighted by Crippen LogP contribution is 2.24. The molecule has 0 aliphatic carbocycles. The molecule has 0 unspecified atom stereocenters. The third kappa shape index (κ3) is 4.05. The maximum Gasteiger partial charge on any atom is 0.335 e. The highest BCUT2D eigenvalue weighted by Gasteiger charge is 2.20. The Kier molecular flexibility index (Phi) is 4.64. The predicted molar refractivity (Wildman–Crippen MR) is 81.0 cm³/mol. The van der Waals surface area contributed by atoms with E-state index in [2.05, 4.69) is 11.0 Å². The van der Waals surface area contributed by atoms with E-state index in [0.29, 0.717) is 5.56 Å². The van der Waals surface area contributed by atoms with Gasteiger partial charge in [0, 0.05) is 13.1 Å². The molecule has 4 nitrogen and oxygen atoms in total. The van der Waals surface area contributed by atoms with Crippen molar-refractivity contribution >= 4 is 5.97 Å². The quantitative estimate of drug-likeness (QED) is 0.903. The summed E-state index contributed by atoms with van der Waals surface area (Å²) in [6.07, 6.45) is 2.85. The van der Waals surface area contributed by atoms with Crippen molar-refractivity contribution in [2.45, 2.75) is 39.7 Å². The minimum absolute atomic E-state index is 0.260. The Bertz CT molecular complexity index is 573. The van der Waals surface area contributed by atoms with Crippen molar-refractivity contribution in [1.82, 2.24) is 4.90 Å². The third-order valence-corrected chi connectivity index (χ3v) is 4.12. The number of carboxylic acid groups (broad SMARTS) is 1. The van der Waals surface area contributed by atoms with Gasteiger partial charge in [-0.05, 0) is 62.9 Å². The van der Waals surface area contributed by atoms with E-state index in [1.54, 1.807) is 12.1 Å². The maximum absolute atomic E-state index is 11.0. The summed E-state index contributed by atoms with van der Waals surface area (Å²) in [6, 6.07) is 7.75. The lowest BCUT2D eigenvalue weighted by Gasteiger charge is -2.29. The van der Waals surface area contributed by atoms with E-state index in [1.165, 1.54) is 5.56 Å². The van der Waals surface area contributed by atoms with E-state index >= 15 is 0 Å². The van der Waals surface area contributed by atoms with Crippen molar-refractivity contribution in [2.24, 2.45) is 5.41 Å². The Hall–Kier alpha value is -1.86. The average Bonchev–Trinajstić information content (AvgIpc) is 2.46. The number of hydrogen-bond donors (Lipinski definition) is 1. The first kappa shape index (κ1) is 15.5. The second-order valence-electron chi connectivity index (χ2n) is 6.41. The summed E-state index contributed by atoms with van der Waals surface area (Å²) in [5, 5.41) is 18.1. The molecule has 0 aromatic heterocycles. The van der Waals surface area contributed by atoms with Crippen LogP contribution in [0.5, 0.6) is 0 Å². The SMILES string of the molecule is CC(C)(C#N)CCCN1CCc2ccc(C(=O)O)cc2C1. The Balaban J connectivity index is 1.94. The van der Waals surface area contributed by atoms with E-state index in [-0.39, 0.29) is 5.41 Å². The van der Waals surface area contributed by atoms with E-state index < -0.39 is 5.97 Å². The fourth-order valence-corrected chi connectivity index (χ4v) is 2.74. The smallest absolute Gasteiger partial charge is 0.335 e. The van der Waals surface area contributed by atoms with Gasteiger partial charge in [0.2, 0.25) is 0 Å². The molecule has 4 heteroatoms. The fourth-order valence-electron chi connectivity index (χ4n) is 2.74. The van der Waals surface area contributed by atoms with Crippen molar-refractivity contribution in [3.05, 3.63) is 34.9 Å². The zero-order valence-corrected chi connectivity index (χ0v) is 12.7. The lowest BCUT2D eigenvalue weighted by Crippen LogP contribution is -2.32. The van der Waals surface area contributed by atoms with Crippen LogP contribution >= 0.6 is 0 Å². The molecule has 0 bridgehead atoms. The van der Waals surface area contributed by atoms with Gasteiger partial charge in [0.05, 0.1) is 17.0 Å². The van der Waals surface area contributed by atoms with Crippen LogP contribution in [-0.4, -0.2) is 29.1 Å². The summed E-state index contributed by atoms with van der Waals surface area (Å²) in [4.78, 5) is 13.4. The van der Waals surface area contributed by atoms with Gasteiger partial charge < -0.3 is 5.11 Å². The molecule has 112 valence electrons. The van der Waals surface area contributed by atoms with Crippen LogP contribution < -0.4 is 0 Å². The van der Waals surface area contributed by atoms with Crippen molar-refractivity contribution in [2.75, 3.05) is 13.1 Å². The second-order valence-corrected chi connectivity index (χ2v) is 6.41. The fraction of sp³-hybridized carbons (Fsp3) is 0.529. The zero-order valence-electron chi connectivity index (χ0n) is 12.7. The summed E-state index contributed by atoms with van der Waals surface area (Å²) >= 11 is 0. The molecular weight excluding hydrogens is 264 g/mol. The number of carboxylic acids is 1. The van der Waals surface area contributed by atoms with Gasteiger partial charge in [0.1, 0.15) is 0 Å². The Morgan fingerprint density at radius 1 is 1.43 bits per heavy atom. The number of nitriles is 1. The number of aromatic carboxylic acids is 1. The molecule has 0 spiro atoms. The summed E-state index contributed by atoms with van der Waals surface area (Å²) in [6.45, 7) is 6.72. The van der Waals surface area contributed by atoms with E-state index in [9.17, 15) is 4.79 Å². The topological polar surface area (TPSA) is 64.3 Å². The lowest BCUT2D eigenvalue weighted by atomic mass is 9.89. The minimum Gasteiger partial charge on any atom is -0.478 e. The zero-order chi connectivity index (χ0) is 15.5. The van der Waals surface area contributed by atoms with Crippen molar-refractivity contribution in [1.29, 1.82) is 5.26 Å². The van der Waals surface area contributed by atoms with Crippen molar-refractivity contribution < 1.29 is 9.90 Å². The first-order valence-corrected chi connectivity index (χ1v) is 7.40. The third-order valence-electron chi connectivity index (χ3n) is 4.12.